The first kappa shape index (κ1) is 19.5. The zero-order chi connectivity index (χ0) is 18.9. The third-order valence-corrected chi connectivity index (χ3v) is 4.07. The van der Waals surface area contributed by atoms with Crippen LogP contribution in [-0.2, 0) is 4.79 Å². The molecule has 0 aromatic heterocycles. The number of hydrogen-bond donors (Lipinski definition) is 1. The average molecular weight is 355 g/mol. The molecule has 5 nitrogen and oxygen atoms in total. The molecule has 0 aliphatic heterocycles. The number of aryl methyl sites for hydroxylation is 2. The summed E-state index contributed by atoms with van der Waals surface area (Å²) in [5, 5.41) is 2.78. The number of benzene rings is 2. The lowest BCUT2D eigenvalue weighted by atomic mass is 10.1. The fourth-order valence-corrected chi connectivity index (χ4v) is 2.54. The maximum atomic E-state index is 11.8. The Kier molecular flexibility index (Phi) is 7.21. The minimum atomic E-state index is -0.228. The first-order valence-corrected chi connectivity index (χ1v) is 8.65. The number of aldehydes is 1. The second kappa shape index (κ2) is 9.61. The van der Waals surface area contributed by atoms with Crippen LogP contribution in [0, 0.1) is 20.8 Å². The summed E-state index contributed by atoms with van der Waals surface area (Å²) in [5.41, 5.74) is 3.95. The summed E-state index contributed by atoms with van der Waals surface area (Å²) in [6.45, 7) is 7.06. The molecule has 0 aliphatic carbocycles. The number of nitrogens with one attached hydrogen (secondary N) is 1. The van der Waals surface area contributed by atoms with Gasteiger partial charge in [-0.2, -0.15) is 0 Å². The van der Waals surface area contributed by atoms with Crippen LogP contribution in [0.15, 0.2) is 36.4 Å². The number of ether oxygens (including phenoxy) is 2. The summed E-state index contributed by atoms with van der Waals surface area (Å²) in [7, 11) is 0. The monoisotopic (exact) mass is 355 g/mol. The van der Waals surface area contributed by atoms with E-state index in [-0.39, 0.29) is 12.5 Å². The Hall–Kier alpha value is -2.82. The molecule has 5 heteroatoms. The predicted octanol–water partition coefficient (Wildman–Crippen LogP) is 3.39. The largest absolute Gasteiger partial charge is 0.493 e. The average Bonchev–Trinajstić information content (AvgIpc) is 2.63. The van der Waals surface area contributed by atoms with E-state index in [2.05, 4.69) is 18.3 Å². The molecule has 2 rings (SSSR count). The van der Waals surface area contributed by atoms with Crippen LogP contribution in [0.5, 0.6) is 11.5 Å². The minimum Gasteiger partial charge on any atom is -0.493 e. The van der Waals surface area contributed by atoms with Crippen molar-refractivity contribution in [3.05, 3.63) is 58.7 Å². The molecule has 0 saturated carbocycles. The van der Waals surface area contributed by atoms with E-state index in [1.54, 1.807) is 24.3 Å². The molecule has 138 valence electrons. The number of carbonyl (C=O) groups is 2. The van der Waals surface area contributed by atoms with E-state index >= 15 is 0 Å². The highest BCUT2D eigenvalue weighted by Gasteiger charge is 2.06. The van der Waals surface area contributed by atoms with Gasteiger partial charge in [-0.05, 0) is 62.1 Å². The van der Waals surface area contributed by atoms with Gasteiger partial charge in [0.1, 0.15) is 11.5 Å². The van der Waals surface area contributed by atoms with E-state index in [9.17, 15) is 9.59 Å². The fourth-order valence-electron chi connectivity index (χ4n) is 2.54. The first-order valence-electron chi connectivity index (χ1n) is 8.65. The Bertz CT molecular complexity index is 771. The van der Waals surface area contributed by atoms with Crippen molar-refractivity contribution in [1.82, 2.24) is 5.32 Å². The van der Waals surface area contributed by atoms with Crippen LogP contribution in [-0.4, -0.2) is 32.0 Å². The van der Waals surface area contributed by atoms with Gasteiger partial charge in [0.15, 0.2) is 12.9 Å². The zero-order valence-electron chi connectivity index (χ0n) is 15.5. The highest BCUT2D eigenvalue weighted by atomic mass is 16.5. The van der Waals surface area contributed by atoms with Crippen LogP contribution < -0.4 is 14.8 Å². The lowest BCUT2D eigenvalue weighted by Crippen LogP contribution is -2.30. The van der Waals surface area contributed by atoms with E-state index in [1.165, 1.54) is 11.1 Å². The van der Waals surface area contributed by atoms with Crippen LogP contribution in [0.4, 0.5) is 0 Å². The first-order chi connectivity index (χ1) is 12.5. The van der Waals surface area contributed by atoms with Crippen molar-refractivity contribution < 1.29 is 19.1 Å². The molecule has 0 atom stereocenters. The minimum absolute atomic E-state index is 0.123. The normalized spacial score (nSPS) is 10.3. The van der Waals surface area contributed by atoms with Crippen molar-refractivity contribution >= 4 is 12.2 Å². The summed E-state index contributed by atoms with van der Waals surface area (Å²) in [6.07, 6.45) is 1.41. The van der Waals surface area contributed by atoms with Gasteiger partial charge in [-0.25, -0.2) is 0 Å². The molecule has 0 bridgehead atoms. The SMILES string of the molecule is Cc1cc(C)c(C)c(OCCCNC(=O)COc2ccccc2C=O)c1. The maximum Gasteiger partial charge on any atom is 0.257 e. The lowest BCUT2D eigenvalue weighted by molar-refractivity contribution is -0.123. The van der Waals surface area contributed by atoms with Crippen molar-refractivity contribution in [3.8, 4) is 11.5 Å². The van der Waals surface area contributed by atoms with E-state index in [1.807, 2.05) is 19.9 Å². The van der Waals surface area contributed by atoms with E-state index in [4.69, 9.17) is 9.47 Å². The molecule has 0 unspecified atom stereocenters. The van der Waals surface area contributed by atoms with Gasteiger partial charge in [0.2, 0.25) is 0 Å². The van der Waals surface area contributed by atoms with Crippen molar-refractivity contribution in [2.75, 3.05) is 19.8 Å². The van der Waals surface area contributed by atoms with E-state index in [0.29, 0.717) is 37.2 Å². The third-order valence-electron chi connectivity index (χ3n) is 4.07. The summed E-state index contributed by atoms with van der Waals surface area (Å²) in [4.78, 5) is 22.7. The standard InChI is InChI=1S/C21H25NO4/c1-15-11-16(2)17(3)20(12-15)25-10-6-9-22-21(24)14-26-19-8-5-4-7-18(19)13-23/h4-5,7-8,11-13H,6,9-10,14H2,1-3H3,(H,22,24). The molecular formula is C21H25NO4. The van der Waals surface area contributed by atoms with E-state index in [0.717, 1.165) is 11.3 Å². The lowest BCUT2D eigenvalue weighted by Gasteiger charge is -2.13. The molecular weight excluding hydrogens is 330 g/mol. The van der Waals surface area contributed by atoms with Crippen LogP contribution >= 0.6 is 0 Å². The summed E-state index contributed by atoms with van der Waals surface area (Å²) in [6, 6.07) is 11.0. The van der Waals surface area contributed by atoms with Crippen molar-refractivity contribution in [1.29, 1.82) is 0 Å². The van der Waals surface area contributed by atoms with Crippen molar-refractivity contribution in [2.45, 2.75) is 27.2 Å². The number of para-hydroxylation sites is 1. The molecule has 1 N–H and O–H groups in total. The second-order valence-electron chi connectivity index (χ2n) is 6.20. The van der Waals surface area contributed by atoms with Crippen molar-refractivity contribution in [3.63, 3.8) is 0 Å². The smallest absolute Gasteiger partial charge is 0.257 e. The van der Waals surface area contributed by atoms with Crippen molar-refractivity contribution in [2.24, 2.45) is 0 Å². The van der Waals surface area contributed by atoms with Gasteiger partial charge in [-0.15, -0.1) is 0 Å². The third kappa shape index (κ3) is 5.62. The van der Waals surface area contributed by atoms with E-state index < -0.39 is 0 Å². The van der Waals surface area contributed by atoms with Gasteiger partial charge < -0.3 is 14.8 Å². The Morgan fingerprint density at radius 2 is 1.85 bits per heavy atom. The van der Waals surface area contributed by atoms with Gasteiger partial charge >= 0.3 is 0 Å². The maximum absolute atomic E-state index is 11.8. The topological polar surface area (TPSA) is 64.6 Å². The van der Waals surface area contributed by atoms with Gasteiger partial charge in [-0.1, -0.05) is 18.2 Å². The number of carbonyl (C=O) groups excluding carboxylic acids is 2. The quantitative estimate of drug-likeness (QED) is 0.553. The number of hydrogen-bond acceptors (Lipinski definition) is 4. The van der Waals surface area contributed by atoms with Gasteiger partial charge in [-0.3, -0.25) is 9.59 Å². The summed E-state index contributed by atoms with van der Waals surface area (Å²) >= 11 is 0. The Balaban J connectivity index is 1.68. The molecule has 2 aromatic rings. The molecule has 0 fully saturated rings. The fraction of sp³-hybridized carbons (Fsp3) is 0.333. The van der Waals surface area contributed by atoms with Crippen LogP contribution in [0.3, 0.4) is 0 Å². The predicted molar refractivity (Wildman–Crippen MR) is 101 cm³/mol. The Morgan fingerprint density at radius 1 is 1.08 bits per heavy atom. The van der Waals surface area contributed by atoms with Crippen LogP contribution in [0.25, 0.3) is 0 Å². The zero-order valence-corrected chi connectivity index (χ0v) is 15.5. The molecule has 1 amide bonds. The van der Waals surface area contributed by atoms with Gasteiger partial charge in [0.25, 0.3) is 5.91 Å². The Morgan fingerprint density at radius 3 is 2.62 bits per heavy atom. The highest BCUT2D eigenvalue weighted by molar-refractivity contribution is 5.80. The molecule has 2 aromatic carbocycles. The molecule has 26 heavy (non-hydrogen) atoms. The summed E-state index contributed by atoms with van der Waals surface area (Å²) < 4.78 is 11.2. The second-order valence-corrected chi connectivity index (χ2v) is 6.20. The highest BCUT2D eigenvalue weighted by Crippen LogP contribution is 2.23. The number of rotatable bonds is 9. The summed E-state index contributed by atoms with van der Waals surface area (Å²) in [5.74, 6) is 1.07. The number of amides is 1. The van der Waals surface area contributed by atoms with Crippen LogP contribution in [0.1, 0.15) is 33.5 Å². The molecule has 0 radical (unpaired) electrons. The molecule has 0 heterocycles. The molecule has 0 spiro atoms. The van der Waals surface area contributed by atoms with Gasteiger partial charge in [0, 0.05) is 6.54 Å². The molecule has 0 aliphatic rings. The van der Waals surface area contributed by atoms with Crippen LogP contribution in [0.2, 0.25) is 0 Å². The Labute approximate surface area is 154 Å². The van der Waals surface area contributed by atoms with Gasteiger partial charge in [0.05, 0.1) is 12.2 Å². The molecule has 0 saturated heterocycles.